The number of hydrogen-bond acceptors (Lipinski definition) is 4. The number of aryl methyl sites for hydroxylation is 2. The van der Waals surface area contributed by atoms with E-state index in [-0.39, 0.29) is 11.6 Å². The summed E-state index contributed by atoms with van der Waals surface area (Å²) < 4.78 is 0. The zero-order valence-electron chi connectivity index (χ0n) is 17.8. The summed E-state index contributed by atoms with van der Waals surface area (Å²) >= 11 is 0. The molecule has 1 aromatic heterocycles. The monoisotopic (exact) mass is 384 g/mol. The molecule has 2 aliphatic heterocycles. The maximum absolute atomic E-state index is 5.04. The molecule has 0 saturated carbocycles. The van der Waals surface area contributed by atoms with Crippen molar-refractivity contribution < 1.29 is 0 Å². The summed E-state index contributed by atoms with van der Waals surface area (Å²) in [6, 6.07) is 19.5. The molecule has 3 heterocycles. The molecule has 2 aromatic carbocycles. The Morgan fingerprint density at radius 1 is 0.862 bits per heavy atom. The molecule has 3 unspecified atom stereocenters. The molecule has 0 aliphatic carbocycles. The molecule has 0 amide bonds. The van der Waals surface area contributed by atoms with Crippen molar-refractivity contribution in [2.24, 2.45) is 5.92 Å². The third-order valence-corrected chi connectivity index (χ3v) is 7.26. The fourth-order valence-corrected chi connectivity index (χ4v) is 5.09. The highest BCUT2D eigenvalue weighted by atomic mass is 15.5. The van der Waals surface area contributed by atoms with Gasteiger partial charge in [-0.1, -0.05) is 57.2 Å². The second-order valence-corrected chi connectivity index (χ2v) is 8.61. The van der Waals surface area contributed by atoms with Gasteiger partial charge in [0.25, 0.3) is 0 Å². The summed E-state index contributed by atoms with van der Waals surface area (Å²) in [6.07, 6.45) is 1.24. The number of fused-ring (bicyclic) bond motifs is 5. The first-order valence-electron chi connectivity index (χ1n) is 10.6. The van der Waals surface area contributed by atoms with Gasteiger partial charge in [0.05, 0.1) is 11.4 Å². The van der Waals surface area contributed by atoms with Gasteiger partial charge < -0.3 is 9.80 Å². The molecule has 4 heteroatoms. The van der Waals surface area contributed by atoms with Gasteiger partial charge in [-0.05, 0) is 44.0 Å². The number of anilines is 4. The van der Waals surface area contributed by atoms with Crippen molar-refractivity contribution in [1.29, 1.82) is 0 Å². The molecule has 3 atom stereocenters. The van der Waals surface area contributed by atoms with Gasteiger partial charge in [0.1, 0.15) is 6.17 Å². The fourth-order valence-electron chi connectivity index (χ4n) is 5.09. The van der Waals surface area contributed by atoms with Crippen molar-refractivity contribution in [2.75, 3.05) is 9.80 Å². The Morgan fingerprint density at radius 3 is 2.10 bits per heavy atom. The van der Waals surface area contributed by atoms with E-state index in [2.05, 4.69) is 99.0 Å². The molecule has 0 saturated heterocycles. The Bertz CT molecular complexity index is 1080. The van der Waals surface area contributed by atoms with Crippen LogP contribution in [0.4, 0.5) is 23.0 Å². The highest BCUT2D eigenvalue weighted by Crippen LogP contribution is 2.57. The van der Waals surface area contributed by atoms with Gasteiger partial charge in [-0.25, -0.2) is 9.97 Å². The van der Waals surface area contributed by atoms with Crippen molar-refractivity contribution in [1.82, 2.24) is 9.97 Å². The van der Waals surface area contributed by atoms with E-state index in [9.17, 15) is 0 Å². The second-order valence-electron chi connectivity index (χ2n) is 8.61. The van der Waals surface area contributed by atoms with Crippen molar-refractivity contribution in [3.05, 3.63) is 71.5 Å². The van der Waals surface area contributed by atoms with Crippen LogP contribution in [0.5, 0.6) is 0 Å². The van der Waals surface area contributed by atoms with E-state index in [0.29, 0.717) is 5.92 Å². The molecular weight excluding hydrogens is 356 g/mol. The predicted molar refractivity (Wildman–Crippen MR) is 119 cm³/mol. The lowest BCUT2D eigenvalue weighted by Crippen LogP contribution is -2.54. The average molecular weight is 385 g/mol. The molecule has 0 radical (unpaired) electrons. The van der Waals surface area contributed by atoms with Crippen LogP contribution < -0.4 is 9.80 Å². The largest absolute Gasteiger partial charge is 0.302 e. The third-order valence-electron chi connectivity index (χ3n) is 7.26. The number of aromatic nitrogens is 2. The van der Waals surface area contributed by atoms with E-state index in [1.807, 2.05) is 0 Å². The van der Waals surface area contributed by atoms with Crippen molar-refractivity contribution >= 4 is 23.0 Å². The van der Waals surface area contributed by atoms with Crippen molar-refractivity contribution in [2.45, 2.75) is 52.6 Å². The van der Waals surface area contributed by atoms with E-state index in [1.54, 1.807) is 0 Å². The zero-order chi connectivity index (χ0) is 20.3. The Balaban J connectivity index is 1.83. The van der Waals surface area contributed by atoms with Crippen LogP contribution in [-0.2, 0) is 5.41 Å². The van der Waals surface area contributed by atoms with Crippen LogP contribution in [0.25, 0.3) is 0 Å². The lowest BCUT2D eigenvalue weighted by atomic mass is 9.66. The van der Waals surface area contributed by atoms with E-state index >= 15 is 0 Å². The number of nitrogens with zero attached hydrogens (tertiary/aromatic N) is 4. The number of rotatable bonds is 2. The summed E-state index contributed by atoms with van der Waals surface area (Å²) in [5.74, 6) is 2.32. The molecular formula is C25H28N4. The van der Waals surface area contributed by atoms with E-state index in [0.717, 1.165) is 29.4 Å². The number of benzene rings is 2. The Kier molecular flexibility index (Phi) is 3.95. The predicted octanol–water partition coefficient (Wildman–Crippen LogP) is 6.03. The average Bonchev–Trinajstić information content (AvgIpc) is 3.07. The quantitative estimate of drug-likeness (QED) is 0.540. The zero-order valence-corrected chi connectivity index (χ0v) is 17.8. The van der Waals surface area contributed by atoms with Gasteiger partial charge in [0, 0.05) is 22.7 Å². The molecule has 0 bridgehead atoms. The van der Waals surface area contributed by atoms with Crippen LogP contribution in [0.3, 0.4) is 0 Å². The molecule has 0 spiro atoms. The van der Waals surface area contributed by atoms with Gasteiger partial charge in [0.2, 0.25) is 0 Å². The highest BCUT2D eigenvalue weighted by Gasteiger charge is 2.53. The fraction of sp³-hybridized carbons (Fsp3) is 0.360. The molecule has 0 fully saturated rings. The molecule has 5 rings (SSSR count). The van der Waals surface area contributed by atoms with Gasteiger partial charge in [0.15, 0.2) is 11.6 Å². The van der Waals surface area contributed by atoms with Gasteiger partial charge in [-0.15, -0.1) is 0 Å². The summed E-state index contributed by atoms with van der Waals surface area (Å²) in [6.45, 7) is 11.2. The smallest absolute Gasteiger partial charge is 0.178 e. The maximum Gasteiger partial charge on any atom is 0.178 e. The van der Waals surface area contributed by atoms with Crippen LogP contribution in [-0.4, -0.2) is 16.1 Å². The van der Waals surface area contributed by atoms with E-state index in [4.69, 9.17) is 9.97 Å². The molecule has 0 N–H and O–H groups in total. The summed E-state index contributed by atoms with van der Waals surface area (Å²) in [5, 5.41) is 0. The van der Waals surface area contributed by atoms with E-state index in [1.165, 1.54) is 16.9 Å². The van der Waals surface area contributed by atoms with Crippen LogP contribution in [0.2, 0.25) is 0 Å². The Labute approximate surface area is 173 Å². The standard InChI is InChI=1S/C25H28N4/c1-6-25(5)16(2)24-28(19-12-8-7-9-13-19)22-23(27-18(4)17(3)26-22)29(24)21-15-11-10-14-20(21)25/h7-16,24H,6H2,1-5H3. The van der Waals surface area contributed by atoms with Crippen molar-refractivity contribution in [3.63, 3.8) is 0 Å². The number of para-hydroxylation sites is 2. The Morgan fingerprint density at radius 2 is 1.45 bits per heavy atom. The topological polar surface area (TPSA) is 32.3 Å². The summed E-state index contributed by atoms with van der Waals surface area (Å²) in [4.78, 5) is 14.9. The minimum Gasteiger partial charge on any atom is -0.302 e. The third kappa shape index (κ3) is 2.38. The van der Waals surface area contributed by atoms with Crippen LogP contribution in [0.15, 0.2) is 54.6 Å². The van der Waals surface area contributed by atoms with Gasteiger partial charge in [-0.2, -0.15) is 0 Å². The van der Waals surface area contributed by atoms with E-state index < -0.39 is 0 Å². The molecule has 148 valence electrons. The summed E-state index contributed by atoms with van der Waals surface area (Å²) in [5.41, 5.74) is 5.90. The molecule has 3 aromatic rings. The summed E-state index contributed by atoms with van der Waals surface area (Å²) in [7, 11) is 0. The lowest BCUT2D eigenvalue weighted by molar-refractivity contribution is 0.249. The van der Waals surface area contributed by atoms with Gasteiger partial charge in [-0.3, -0.25) is 0 Å². The normalized spacial score (nSPS) is 24.9. The first-order chi connectivity index (χ1) is 14.0. The SMILES string of the molecule is CCC1(C)c2ccccc2N2c3nc(C)c(C)nc3N(c3ccccc3)C2C1C. The second kappa shape index (κ2) is 6.31. The maximum atomic E-state index is 5.04. The van der Waals surface area contributed by atoms with Crippen molar-refractivity contribution in [3.8, 4) is 0 Å². The molecule has 4 nitrogen and oxygen atoms in total. The van der Waals surface area contributed by atoms with Crippen LogP contribution in [0, 0.1) is 19.8 Å². The lowest BCUT2D eigenvalue weighted by Gasteiger charge is -2.50. The minimum absolute atomic E-state index is 0.0803. The Hall–Kier alpha value is -2.88. The first-order valence-corrected chi connectivity index (χ1v) is 10.6. The van der Waals surface area contributed by atoms with Crippen LogP contribution >= 0.6 is 0 Å². The van der Waals surface area contributed by atoms with Crippen LogP contribution in [0.1, 0.15) is 44.1 Å². The molecule has 29 heavy (non-hydrogen) atoms. The highest BCUT2D eigenvalue weighted by molar-refractivity contribution is 5.86. The minimum atomic E-state index is 0.0803. The molecule has 2 aliphatic rings. The first kappa shape index (κ1) is 18.2. The van der Waals surface area contributed by atoms with Gasteiger partial charge >= 0.3 is 0 Å². The number of hydrogen-bond donors (Lipinski definition) is 0.